The van der Waals surface area contributed by atoms with Crippen LogP contribution in [0.15, 0.2) is 255 Å². The van der Waals surface area contributed by atoms with Crippen molar-refractivity contribution in [3.8, 4) is 67.1 Å². The van der Waals surface area contributed by atoms with E-state index in [4.69, 9.17) is 4.74 Å². The van der Waals surface area contributed by atoms with Crippen LogP contribution >= 0.6 is 0 Å². The highest BCUT2D eigenvalue weighted by Crippen LogP contribution is 2.61. The Morgan fingerprint density at radius 3 is 0.943 bits per heavy atom. The monoisotopic (exact) mass is 1390 g/mol. The fourth-order valence-electron chi connectivity index (χ4n) is 17.9. The van der Waals surface area contributed by atoms with Crippen LogP contribution in [-0.4, -0.2) is 0 Å². The van der Waals surface area contributed by atoms with Crippen LogP contribution in [0.3, 0.4) is 0 Å². The maximum Gasteiger partial charge on any atom is 0.152 e. The normalized spacial score (nSPS) is 13.5. The predicted molar refractivity (Wildman–Crippen MR) is 452 cm³/mol. The highest BCUT2D eigenvalue weighted by molar-refractivity contribution is 5.94. The van der Waals surface area contributed by atoms with Crippen LogP contribution in [0.1, 0.15) is 235 Å². The lowest BCUT2D eigenvalue weighted by Gasteiger charge is -2.36. The van der Waals surface area contributed by atoms with Gasteiger partial charge in [0.2, 0.25) is 0 Å². The van der Waals surface area contributed by atoms with Gasteiger partial charge >= 0.3 is 0 Å². The summed E-state index contributed by atoms with van der Waals surface area (Å²) in [4.78, 5) is 2.45. The van der Waals surface area contributed by atoms with E-state index >= 15 is 0 Å². The lowest BCUT2D eigenvalue weighted by atomic mass is 9.67. The van der Waals surface area contributed by atoms with Gasteiger partial charge in [0.25, 0.3) is 0 Å². The van der Waals surface area contributed by atoms with Crippen molar-refractivity contribution in [2.45, 2.75) is 207 Å². The Morgan fingerprint density at radius 1 is 0.283 bits per heavy atom. The Hall–Kier alpha value is -9.76. The lowest BCUT2D eigenvalue weighted by Crippen LogP contribution is -2.29. The number of ether oxygens (including phenoxy) is 1. The third-order valence-corrected chi connectivity index (χ3v) is 23.9. The number of hydrogen-bond donors (Lipinski definition) is 0. The average Bonchev–Trinajstić information content (AvgIpc) is 1.55. The van der Waals surface area contributed by atoms with Gasteiger partial charge in [-0.25, -0.2) is 0 Å². The first-order chi connectivity index (χ1) is 51.8. The predicted octanol–water partition coefficient (Wildman–Crippen LogP) is 29.4. The molecule has 2 nitrogen and oxygen atoms in total. The number of fused-ring (bicyclic) bond motifs is 8. The van der Waals surface area contributed by atoms with E-state index in [0.717, 1.165) is 76.5 Å². The van der Waals surface area contributed by atoms with E-state index in [1.165, 1.54) is 220 Å². The molecule has 12 aromatic rings. The molecule has 0 bridgehead atoms. The maximum absolute atomic E-state index is 7.43. The van der Waals surface area contributed by atoms with E-state index in [1.54, 1.807) is 0 Å². The zero-order chi connectivity index (χ0) is 72.9. The van der Waals surface area contributed by atoms with Crippen LogP contribution < -0.4 is 9.64 Å². The third kappa shape index (κ3) is 14.0. The van der Waals surface area contributed by atoms with Crippen LogP contribution in [0.4, 0.5) is 17.1 Å². The molecule has 15 rings (SSSR count). The molecular weight excluding hydrogens is 1280 g/mol. The number of benzene rings is 12. The minimum Gasteiger partial charge on any atom is -0.453 e. The largest absolute Gasteiger partial charge is 0.453 e. The second-order valence-corrected chi connectivity index (χ2v) is 32.3. The molecule has 0 aromatic heterocycles. The first-order valence-corrected chi connectivity index (χ1v) is 40.7. The van der Waals surface area contributed by atoms with Crippen molar-refractivity contribution in [2.75, 3.05) is 4.90 Å². The third-order valence-electron chi connectivity index (χ3n) is 23.9. The fourth-order valence-corrected chi connectivity index (χ4v) is 17.9. The van der Waals surface area contributed by atoms with Gasteiger partial charge < -0.3 is 9.64 Å². The number of aryl methyl sites for hydroxylation is 6. The van der Waals surface area contributed by atoms with Gasteiger partial charge in [0.05, 0.1) is 22.2 Å². The molecule has 12 aromatic carbocycles. The lowest BCUT2D eigenvalue weighted by molar-refractivity contribution is 0.477. The number of nitrogens with zero attached hydrogens (tertiary/aromatic N) is 1. The standard InChI is InChI=1S/C104H109NO/c1-10-14-18-22-26-74-32-40-78(41-33-74)80-44-62-92-93-63-45-81(69-97(93)104(96(92)68-80,86-50-36-76(37-51-86)28-24-20-16-12-3)87-52-38-77(39-53-87)29-25-21-17-13-4)83-47-65-99-101(71-83)106-100-70-82(79-42-54-84(55-43-79)102(7,8)9)46-64-98(100)105(99)89-58-56-88(57-59-89)103(85-48-34-75(35-49-85)27-23-19-15-11-2)94-66-72(5)30-60-90(94)91-61-31-73(6)67-95(91)103/h30-71H,10-29H2,1-9H3. The van der Waals surface area contributed by atoms with E-state index in [1.807, 2.05) is 0 Å². The molecule has 0 spiro atoms. The van der Waals surface area contributed by atoms with Crippen molar-refractivity contribution in [3.63, 3.8) is 0 Å². The number of rotatable bonds is 28. The summed E-state index contributed by atoms with van der Waals surface area (Å²) in [5.74, 6) is 1.64. The van der Waals surface area contributed by atoms with Crippen LogP contribution in [0.25, 0.3) is 55.6 Å². The van der Waals surface area contributed by atoms with E-state index in [2.05, 4.69) is 322 Å². The van der Waals surface area contributed by atoms with Gasteiger partial charge in [-0.2, -0.15) is 0 Å². The summed E-state index contributed by atoms with van der Waals surface area (Å²) in [6.07, 6.45) is 24.5. The molecule has 0 radical (unpaired) electrons. The Balaban J connectivity index is 0.870. The molecule has 1 aliphatic heterocycles. The Bertz CT molecular complexity index is 4930. The van der Waals surface area contributed by atoms with Crippen molar-refractivity contribution in [2.24, 2.45) is 0 Å². The summed E-state index contributed by atoms with van der Waals surface area (Å²) >= 11 is 0. The van der Waals surface area contributed by atoms with Gasteiger partial charge in [-0.15, -0.1) is 0 Å². The van der Waals surface area contributed by atoms with Gasteiger partial charge in [0.1, 0.15) is 0 Å². The summed E-state index contributed by atoms with van der Waals surface area (Å²) in [5, 5.41) is 0. The van der Waals surface area contributed by atoms with Crippen LogP contribution in [0, 0.1) is 13.8 Å². The number of unbranched alkanes of at least 4 members (excludes halogenated alkanes) is 12. The van der Waals surface area contributed by atoms with E-state index in [9.17, 15) is 0 Å². The molecule has 536 valence electrons. The molecule has 0 saturated carbocycles. The Morgan fingerprint density at radius 2 is 0.575 bits per heavy atom. The highest BCUT2D eigenvalue weighted by atomic mass is 16.5. The molecule has 2 heteroatoms. The zero-order valence-electron chi connectivity index (χ0n) is 64.7. The van der Waals surface area contributed by atoms with Gasteiger partial charge in [-0.05, 0) is 247 Å². The first-order valence-electron chi connectivity index (χ1n) is 40.7. The van der Waals surface area contributed by atoms with Crippen molar-refractivity contribution >= 4 is 17.1 Å². The molecule has 1 heterocycles. The topological polar surface area (TPSA) is 12.5 Å². The molecule has 0 unspecified atom stereocenters. The minimum absolute atomic E-state index is 0.0426. The smallest absolute Gasteiger partial charge is 0.152 e. The van der Waals surface area contributed by atoms with E-state index in [-0.39, 0.29) is 5.41 Å². The SMILES string of the molecule is CCCCCCc1ccc(-c2ccc3c(c2)C(c2ccc(CCCCCC)cc2)(c2ccc(CCCCCC)cc2)c2cc(-c4ccc5c(c4)Oc4cc(-c6ccc(C(C)(C)C)cc6)ccc4N5c4ccc(C5(c6ccc(CCCCCC)cc6)c6cc(C)ccc6-c6ccc(C)cc65)cc4)ccc2-3)cc1. The minimum atomic E-state index is -0.623. The van der Waals surface area contributed by atoms with Crippen LogP contribution in [-0.2, 0) is 41.9 Å². The molecule has 2 aliphatic carbocycles. The first kappa shape index (κ1) is 71.8. The summed E-state index contributed by atoms with van der Waals surface area (Å²) in [7, 11) is 0. The summed E-state index contributed by atoms with van der Waals surface area (Å²) < 4.78 is 7.43. The average molecular weight is 1390 g/mol. The van der Waals surface area contributed by atoms with Gasteiger partial charge in [-0.1, -0.05) is 343 Å². The summed E-state index contributed by atoms with van der Waals surface area (Å²) in [6, 6.07) is 100. The molecule has 0 N–H and O–H groups in total. The molecule has 0 amide bonds. The molecule has 106 heavy (non-hydrogen) atoms. The molecular formula is C104H109NO. The van der Waals surface area contributed by atoms with Crippen molar-refractivity contribution in [1.29, 1.82) is 0 Å². The van der Waals surface area contributed by atoms with E-state index < -0.39 is 10.8 Å². The molecule has 0 atom stereocenters. The fraction of sp³-hybridized carbons (Fsp3) is 0.308. The van der Waals surface area contributed by atoms with Crippen molar-refractivity contribution < 1.29 is 4.74 Å². The molecule has 3 aliphatic rings. The van der Waals surface area contributed by atoms with Crippen LogP contribution in [0.5, 0.6) is 11.5 Å². The summed E-state index contributed by atoms with van der Waals surface area (Å²) in [5.41, 5.74) is 34.2. The van der Waals surface area contributed by atoms with Crippen molar-refractivity contribution in [3.05, 3.63) is 338 Å². The van der Waals surface area contributed by atoms with Gasteiger partial charge in [0.15, 0.2) is 11.5 Å². The van der Waals surface area contributed by atoms with E-state index in [0.29, 0.717) is 0 Å². The van der Waals surface area contributed by atoms with Crippen molar-refractivity contribution in [1.82, 2.24) is 0 Å². The number of hydrogen-bond acceptors (Lipinski definition) is 2. The Labute approximate surface area is 635 Å². The Kier molecular flexibility index (Phi) is 21.2. The van der Waals surface area contributed by atoms with Gasteiger partial charge in [0, 0.05) is 5.69 Å². The number of anilines is 3. The second kappa shape index (κ2) is 31.4. The van der Waals surface area contributed by atoms with Gasteiger partial charge in [-0.3, -0.25) is 0 Å². The zero-order valence-corrected chi connectivity index (χ0v) is 64.7. The maximum atomic E-state index is 7.43. The highest BCUT2D eigenvalue weighted by Gasteiger charge is 2.48. The molecule has 0 fully saturated rings. The van der Waals surface area contributed by atoms with Crippen LogP contribution in [0.2, 0.25) is 0 Å². The summed E-state index contributed by atoms with van der Waals surface area (Å²) in [6.45, 7) is 20.6. The quantitative estimate of drug-likeness (QED) is 0.0453. The molecule has 0 saturated heterocycles. The second-order valence-electron chi connectivity index (χ2n) is 32.3.